The molecule has 0 radical (unpaired) electrons. The molecule has 4 heterocycles. The molecule has 0 N–H and O–H groups in total. The number of rotatable bonds is 2. The van der Waals surface area contributed by atoms with Gasteiger partial charge in [-0.25, -0.2) is 9.97 Å². The van der Waals surface area contributed by atoms with Crippen LogP contribution in [0, 0.1) is 5.41 Å². The molecule has 7 nitrogen and oxygen atoms in total. The molecule has 0 bridgehead atoms. The quantitative estimate of drug-likeness (QED) is 0.628. The van der Waals surface area contributed by atoms with Crippen LogP contribution in [-0.4, -0.2) is 77.1 Å². The zero-order chi connectivity index (χ0) is 25.2. The maximum absolute atomic E-state index is 11.6. The predicted octanol–water partition coefficient (Wildman–Crippen LogP) is 4.21. The third-order valence-electron chi connectivity index (χ3n) is 8.22. The number of carbonyl (C=O) groups excluding carboxylic acids is 1. The van der Waals surface area contributed by atoms with E-state index in [9.17, 15) is 4.79 Å². The molecule has 1 aromatic heterocycles. The summed E-state index contributed by atoms with van der Waals surface area (Å²) in [4.78, 5) is 28.0. The molecule has 5 rings (SSSR count). The van der Waals surface area contributed by atoms with Gasteiger partial charge in [-0.1, -0.05) is 27.2 Å². The van der Waals surface area contributed by atoms with Crippen molar-refractivity contribution in [3.05, 3.63) is 28.8 Å². The topological polar surface area (TPSA) is 61.8 Å². The minimum absolute atomic E-state index is 0.156. The largest absolute Gasteiger partial charge is 0.494 e. The monoisotopic (exact) mass is 483 g/mol. The van der Waals surface area contributed by atoms with Crippen LogP contribution in [0.4, 0.5) is 5.95 Å². The second kappa shape index (κ2) is 10.9. The van der Waals surface area contributed by atoms with Crippen LogP contribution in [0.5, 0.6) is 0 Å². The minimum Gasteiger partial charge on any atom is -0.494 e. The summed E-state index contributed by atoms with van der Waals surface area (Å²) in [7, 11) is 0. The van der Waals surface area contributed by atoms with Gasteiger partial charge < -0.3 is 14.5 Å². The first-order valence-corrected chi connectivity index (χ1v) is 13.5. The smallest absolute Gasteiger partial charge is 0.225 e. The van der Waals surface area contributed by atoms with Crippen LogP contribution in [0.25, 0.3) is 0 Å². The lowest BCUT2D eigenvalue weighted by Gasteiger charge is -2.43. The highest BCUT2D eigenvalue weighted by Crippen LogP contribution is 2.35. The van der Waals surface area contributed by atoms with E-state index < -0.39 is 0 Å². The standard InChI is InChI=1S/C18H27N5O.C10H18O/c1-14(24)21-7-5-15-13-19-18(20-17(15)6-8-21)23-11-9-22(10-12-23)16-3-2-4-16;1-7-6-9(10(3,4)5)11-8(7)2/h13,16H,2-12H2,1H3;9H,6H2,1-5H3. The van der Waals surface area contributed by atoms with Gasteiger partial charge in [-0.2, -0.15) is 0 Å². The zero-order valence-electron chi connectivity index (χ0n) is 22.8. The Morgan fingerprint density at radius 2 is 1.71 bits per heavy atom. The lowest BCUT2D eigenvalue weighted by atomic mass is 9.86. The number of aromatic nitrogens is 2. The van der Waals surface area contributed by atoms with E-state index in [4.69, 9.17) is 9.72 Å². The fourth-order valence-electron chi connectivity index (χ4n) is 5.23. The van der Waals surface area contributed by atoms with E-state index in [1.165, 1.54) is 30.4 Å². The van der Waals surface area contributed by atoms with Crippen molar-refractivity contribution < 1.29 is 9.53 Å². The van der Waals surface area contributed by atoms with Gasteiger partial charge in [0, 0.05) is 71.3 Å². The number of fused-ring (bicyclic) bond motifs is 1. The molecule has 1 saturated heterocycles. The van der Waals surface area contributed by atoms with Crippen molar-refractivity contribution in [2.45, 2.75) is 92.2 Å². The van der Waals surface area contributed by atoms with E-state index in [0.717, 1.165) is 82.0 Å². The van der Waals surface area contributed by atoms with Crippen molar-refractivity contribution in [2.75, 3.05) is 44.2 Å². The Bertz CT molecular complexity index is 912. The number of anilines is 1. The molecule has 1 amide bonds. The minimum atomic E-state index is 0.156. The van der Waals surface area contributed by atoms with Crippen LogP contribution in [0.2, 0.25) is 0 Å². The molecule has 7 heteroatoms. The molecule has 1 unspecified atom stereocenters. The first-order valence-electron chi connectivity index (χ1n) is 13.5. The van der Waals surface area contributed by atoms with Crippen LogP contribution in [0.1, 0.15) is 78.5 Å². The molecule has 1 atom stereocenters. The first-order chi connectivity index (χ1) is 16.6. The van der Waals surface area contributed by atoms with Crippen molar-refractivity contribution in [2.24, 2.45) is 5.41 Å². The van der Waals surface area contributed by atoms with E-state index in [-0.39, 0.29) is 11.3 Å². The first kappa shape index (κ1) is 25.9. The lowest BCUT2D eigenvalue weighted by molar-refractivity contribution is -0.128. The lowest BCUT2D eigenvalue weighted by Crippen LogP contribution is -2.52. The highest BCUT2D eigenvalue weighted by Gasteiger charge is 2.31. The number of hydrogen-bond donors (Lipinski definition) is 0. The van der Waals surface area contributed by atoms with Crippen LogP contribution in [0.3, 0.4) is 0 Å². The van der Waals surface area contributed by atoms with Gasteiger partial charge in [0.1, 0.15) is 6.10 Å². The van der Waals surface area contributed by atoms with Gasteiger partial charge in [0.05, 0.1) is 11.5 Å². The maximum Gasteiger partial charge on any atom is 0.225 e. The summed E-state index contributed by atoms with van der Waals surface area (Å²) >= 11 is 0. The molecule has 194 valence electrons. The molecule has 35 heavy (non-hydrogen) atoms. The SMILES string of the molecule is CC(=O)N1CCc2cnc(N3CCN(C4CCC4)CC3)nc2CC1.CC1=C(C)OC(C(C)(C)C)C1. The zero-order valence-corrected chi connectivity index (χ0v) is 22.8. The molecular weight excluding hydrogens is 438 g/mol. The Morgan fingerprint density at radius 1 is 1.03 bits per heavy atom. The van der Waals surface area contributed by atoms with Crippen molar-refractivity contribution in [1.82, 2.24) is 19.8 Å². The fourth-order valence-corrected chi connectivity index (χ4v) is 5.23. The van der Waals surface area contributed by atoms with Crippen LogP contribution < -0.4 is 4.90 Å². The summed E-state index contributed by atoms with van der Waals surface area (Å²) in [5.74, 6) is 2.16. The highest BCUT2D eigenvalue weighted by molar-refractivity contribution is 5.73. The number of amides is 1. The van der Waals surface area contributed by atoms with Gasteiger partial charge in [0.15, 0.2) is 0 Å². The molecule has 1 aliphatic carbocycles. The molecule has 4 aliphatic rings. The average Bonchev–Trinajstić information content (AvgIpc) is 3.00. The second-order valence-electron chi connectivity index (χ2n) is 11.8. The number of nitrogens with zero attached hydrogens (tertiary/aromatic N) is 5. The van der Waals surface area contributed by atoms with Crippen molar-refractivity contribution in [3.63, 3.8) is 0 Å². The fraction of sp³-hybridized carbons (Fsp3) is 0.750. The Labute approximate surface area is 211 Å². The van der Waals surface area contributed by atoms with Gasteiger partial charge >= 0.3 is 0 Å². The van der Waals surface area contributed by atoms with E-state index in [1.54, 1.807) is 6.92 Å². The molecule has 3 aliphatic heterocycles. The Kier molecular flexibility index (Phi) is 8.04. The second-order valence-corrected chi connectivity index (χ2v) is 11.8. The number of carbonyl (C=O) groups is 1. The number of hydrogen-bond acceptors (Lipinski definition) is 6. The summed E-state index contributed by atoms with van der Waals surface area (Å²) in [5, 5.41) is 0. The summed E-state index contributed by atoms with van der Waals surface area (Å²) < 4.78 is 5.72. The van der Waals surface area contributed by atoms with E-state index in [2.05, 4.69) is 49.4 Å². The van der Waals surface area contributed by atoms with Gasteiger partial charge in [0.25, 0.3) is 0 Å². The summed E-state index contributed by atoms with van der Waals surface area (Å²) in [5.41, 5.74) is 4.02. The molecule has 0 spiro atoms. The molecular formula is C28H45N5O2. The van der Waals surface area contributed by atoms with Gasteiger partial charge in [0.2, 0.25) is 11.9 Å². The summed E-state index contributed by atoms with van der Waals surface area (Å²) in [6.07, 6.45) is 9.34. The van der Waals surface area contributed by atoms with Crippen molar-refractivity contribution in [1.29, 1.82) is 0 Å². The molecule has 2 fully saturated rings. The van der Waals surface area contributed by atoms with Crippen molar-refractivity contribution >= 4 is 11.9 Å². The third kappa shape index (κ3) is 6.35. The number of ether oxygens (including phenoxy) is 1. The highest BCUT2D eigenvalue weighted by atomic mass is 16.5. The van der Waals surface area contributed by atoms with E-state index in [1.807, 2.05) is 11.1 Å². The third-order valence-corrected chi connectivity index (χ3v) is 8.22. The Morgan fingerprint density at radius 3 is 2.23 bits per heavy atom. The van der Waals surface area contributed by atoms with Crippen LogP contribution in [-0.2, 0) is 22.4 Å². The van der Waals surface area contributed by atoms with Crippen LogP contribution in [0.15, 0.2) is 17.5 Å². The van der Waals surface area contributed by atoms with Crippen molar-refractivity contribution in [3.8, 4) is 0 Å². The number of piperazine rings is 1. The Balaban J connectivity index is 0.000000221. The summed E-state index contributed by atoms with van der Waals surface area (Å²) in [6, 6.07) is 0.831. The summed E-state index contributed by atoms with van der Waals surface area (Å²) in [6.45, 7) is 18.4. The van der Waals surface area contributed by atoms with Gasteiger partial charge in [-0.05, 0) is 49.7 Å². The van der Waals surface area contributed by atoms with E-state index in [0.29, 0.717) is 6.10 Å². The average molecular weight is 484 g/mol. The normalized spacial score (nSPS) is 23.7. The predicted molar refractivity (Wildman–Crippen MR) is 140 cm³/mol. The van der Waals surface area contributed by atoms with E-state index >= 15 is 0 Å². The maximum atomic E-state index is 11.6. The number of allylic oxidation sites excluding steroid dienone is 1. The molecule has 0 aromatic carbocycles. The van der Waals surface area contributed by atoms with Crippen LogP contribution >= 0.6 is 0 Å². The Hall–Kier alpha value is -2.15. The molecule has 1 saturated carbocycles. The van der Waals surface area contributed by atoms with Gasteiger partial charge in [-0.3, -0.25) is 9.69 Å². The van der Waals surface area contributed by atoms with Gasteiger partial charge in [-0.15, -0.1) is 0 Å². The molecule has 1 aromatic rings.